The molecule has 5 rings (SSSR count). The predicted octanol–water partition coefficient (Wildman–Crippen LogP) is 3.18. The number of ether oxygens (including phenoxy) is 1. The molecule has 1 saturated heterocycles. The fourth-order valence-electron chi connectivity index (χ4n) is 4.43. The number of benzene rings is 2. The number of nitrogens with zero attached hydrogens (tertiary/aromatic N) is 4. The number of amides is 2. The second-order valence-electron chi connectivity index (χ2n) is 8.78. The highest BCUT2D eigenvalue weighted by molar-refractivity contribution is 7.93. The van der Waals surface area contributed by atoms with Crippen molar-refractivity contribution in [1.29, 1.82) is 0 Å². The van der Waals surface area contributed by atoms with Gasteiger partial charge in [-0.25, -0.2) is 13.4 Å². The van der Waals surface area contributed by atoms with Crippen LogP contribution < -0.4 is 9.46 Å². The molecule has 0 unspecified atom stereocenters. The minimum Gasteiger partial charge on any atom is -0.496 e. The molecule has 2 aromatic heterocycles. The van der Waals surface area contributed by atoms with Gasteiger partial charge in [-0.05, 0) is 36.4 Å². The lowest BCUT2D eigenvalue weighted by Gasteiger charge is -2.35. The predicted molar refractivity (Wildman–Crippen MR) is 142 cm³/mol. The lowest BCUT2D eigenvalue weighted by molar-refractivity contribution is 0.0530. The van der Waals surface area contributed by atoms with Gasteiger partial charge in [0.1, 0.15) is 10.6 Å². The van der Waals surface area contributed by atoms with E-state index in [1.807, 2.05) is 0 Å². The van der Waals surface area contributed by atoms with Crippen molar-refractivity contribution < 1.29 is 27.1 Å². The van der Waals surface area contributed by atoms with Gasteiger partial charge in [0, 0.05) is 50.0 Å². The summed E-state index contributed by atoms with van der Waals surface area (Å²) < 4.78 is 48.2. The number of sulfonamides is 1. The zero-order chi connectivity index (χ0) is 27.6. The number of carbonyl (C=O) groups excluding carboxylic acids is 2. The van der Waals surface area contributed by atoms with E-state index in [0.29, 0.717) is 10.9 Å². The smallest absolute Gasteiger partial charge is 0.264 e. The summed E-state index contributed by atoms with van der Waals surface area (Å²) in [6.45, 7) is 0.909. The second kappa shape index (κ2) is 10.7. The monoisotopic (exact) mass is 549 g/mol. The van der Waals surface area contributed by atoms with Crippen LogP contribution in [0, 0.1) is 5.95 Å². The number of hydrogen-bond acceptors (Lipinski definition) is 7. The fraction of sp³-hybridized carbons (Fsp3) is 0.185. The lowest BCUT2D eigenvalue weighted by atomic mass is 10.1. The molecule has 200 valence electrons. The number of para-hydroxylation sites is 1. The van der Waals surface area contributed by atoms with Gasteiger partial charge in [0.05, 0.1) is 29.4 Å². The van der Waals surface area contributed by atoms with E-state index in [1.165, 1.54) is 60.8 Å². The molecule has 2 amide bonds. The van der Waals surface area contributed by atoms with Gasteiger partial charge in [-0.1, -0.05) is 18.2 Å². The Morgan fingerprint density at radius 1 is 0.872 bits per heavy atom. The summed E-state index contributed by atoms with van der Waals surface area (Å²) >= 11 is 0. The van der Waals surface area contributed by atoms with Crippen LogP contribution in [0.25, 0.3) is 10.9 Å². The van der Waals surface area contributed by atoms with Crippen LogP contribution in [0.1, 0.15) is 20.7 Å². The summed E-state index contributed by atoms with van der Waals surface area (Å²) in [4.78, 5) is 36.7. The number of methoxy groups -OCH3 is 1. The van der Waals surface area contributed by atoms with Crippen LogP contribution in [-0.2, 0) is 10.0 Å². The van der Waals surface area contributed by atoms with Gasteiger partial charge in [-0.3, -0.25) is 19.3 Å². The highest BCUT2D eigenvalue weighted by Gasteiger charge is 2.28. The summed E-state index contributed by atoms with van der Waals surface area (Å²) in [5.41, 5.74) is 0.682. The van der Waals surface area contributed by atoms with Crippen molar-refractivity contribution >= 4 is 38.4 Å². The molecule has 0 atom stereocenters. The van der Waals surface area contributed by atoms with Crippen LogP contribution in [0.2, 0.25) is 0 Å². The average Bonchev–Trinajstić information content (AvgIpc) is 2.96. The van der Waals surface area contributed by atoms with Crippen molar-refractivity contribution in [2.45, 2.75) is 4.90 Å². The average molecular weight is 550 g/mol. The maximum absolute atomic E-state index is 13.9. The van der Waals surface area contributed by atoms with Gasteiger partial charge in [-0.15, -0.1) is 0 Å². The molecule has 1 N–H and O–H groups in total. The molecular weight excluding hydrogens is 525 g/mol. The van der Waals surface area contributed by atoms with E-state index >= 15 is 0 Å². The lowest BCUT2D eigenvalue weighted by Crippen LogP contribution is -2.50. The molecule has 39 heavy (non-hydrogen) atoms. The molecule has 1 aliphatic rings. The number of fused-ring (bicyclic) bond motifs is 1. The first kappa shape index (κ1) is 26.0. The van der Waals surface area contributed by atoms with Gasteiger partial charge in [0.2, 0.25) is 5.95 Å². The van der Waals surface area contributed by atoms with Gasteiger partial charge >= 0.3 is 0 Å². The largest absolute Gasteiger partial charge is 0.496 e. The third-order valence-electron chi connectivity index (χ3n) is 6.41. The number of pyridine rings is 2. The maximum Gasteiger partial charge on any atom is 0.264 e. The molecule has 1 fully saturated rings. The van der Waals surface area contributed by atoms with Gasteiger partial charge in [-0.2, -0.15) is 4.39 Å². The van der Waals surface area contributed by atoms with E-state index in [-0.39, 0.29) is 59.5 Å². The number of nitrogens with one attached hydrogen (secondary N) is 1. The van der Waals surface area contributed by atoms with Crippen LogP contribution in [-0.4, -0.2) is 73.3 Å². The Labute approximate surface area is 224 Å². The third kappa shape index (κ3) is 5.23. The van der Waals surface area contributed by atoms with Crippen molar-refractivity contribution in [3.05, 3.63) is 90.1 Å². The second-order valence-corrected chi connectivity index (χ2v) is 10.4. The third-order valence-corrected chi connectivity index (χ3v) is 7.83. The fourth-order valence-corrected chi connectivity index (χ4v) is 5.66. The highest BCUT2D eigenvalue weighted by Crippen LogP contribution is 2.28. The molecular formula is C27H24FN5O5S. The van der Waals surface area contributed by atoms with E-state index < -0.39 is 21.9 Å². The molecule has 4 aromatic rings. The summed E-state index contributed by atoms with van der Waals surface area (Å²) in [6.07, 6.45) is 2.80. The van der Waals surface area contributed by atoms with Gasteiger partial charge in [0.15, 0.2) is 0 Å². The van der Waals surface area contributed by atoms with Crippen LogP contribution in [0.4, 0.5) is 10.1 Å². The maximum atomic E-state index is 13.9. The van der Waals surface area contributed by atoms with Crippen molar-refractivity contribution in [2.24, 2.45) is 0 Å². The number of aromatic nitrogens is 2. The zero-order valence-electron chi connectivity index (χ0n) is 20.9. The van der Waals surface area contributed by atoms with Gasteiger partial charge in [0.25, 0.3) is 21.8 Å². The van der Waals surface area contributed by atoms with E-state index in [2.05, 4.69) is 14.7 Å². The summed E-state index contributed by atoms with van der Waals surface area (Å²) in [7, 11) is -2.60. The van der Waals surface area contributed by atoms with Crippen molar-refractivity contribution in [3.8, 4) is 5.75 Å². The number of piperazine rings is 1. The quantitative estimate of drug-likeness (QED) is 0.367. The molecule has 0 radical (unpaired) electrons. The normalized spacial score (nSPS) is 13.8. The van der Waals surface area contributed by atoms with E-state index in [9.17, 15) is 22.4 Å². The first-order chi connectivity index (χ1) is 18.8. The number of rotatable bonds is 6. The first-order valence-electron chi connectivity index (χ1n) is 12.0. The Bertz CT molecular complexity index is 1670. The molecule has 3 heterocycles. The Morgan fingerprint density at radius 3 is 2.21 bits per heavy atom. The number of anilines is 1. The first-order valence-corrected chi connectivity index (χ1v) is 13.5. The standard InChI is InChI=1S/C27H24FN5O5S/c1-38-22-17-19(31-39(36,37)23-8-2-5-18-6-3-11-29-24(18)23)9-10-20(22)26(34)32-13-15-33(16-14-32)27(35)21-7-4-12-30-25(21)28/h2-12,17,31H,13-16H2,1H3. The molecule has 2 aromatic carbocycles. The van der Waals surface area contributed by atoms with Crippen LogP contribution >= 0.6 is 0 Å². The van der Waals surface area contributed by atoms with Crippen LogP contribution in [0.5, 0.6) is 5.75 Å². The molecule has 12 heteroatoms. The minimum absolute atomic E-state index is 0.0262. The Morgan fingerprint density at radius 2 is 1.51 bits per heavy atom. The molecule has 0 spiro atoms. The Kier molecular flexibility index (Phi) is 7.11. The molecule has 0 saturated carbocycles. The topological polar surface area (TPSA) is 122 Å². The summed E-state index contributed by atoms with van der Waals surface area (Å²) in [5.74, 6) is -1.46. The Hall–Kier alpha value is -4.58. The SMILES string of the molecule is COc1cc(NS(=O)(=O)c2cccc3cccnc23)ccc1C(=O)N1CCN(C(=O)c2cccnc2F)CC1. The number of hydrogen-bond donors (Lipinski definition) is 1. The molecule has 1 aliphatic heterocycles. The summed E-state index contributed by atoms with van der Waals surface area (Å²) in [6, 6.07) is 15.7. The highest BCUT2D eigenvalue weighted by atomic mass is 32.2. The van der Waals surface area contributed by atoms with E-state index in [4.69, 9.17) is 4.74 Å². The minimum atomic E-state index is -3.99. The van der Waals surface area contributed by atoms with Crippen LogP contribution in [0.3, 0.4) is 0 Å². The number of halogens is 1. The molecule has 0 bridgehead atoms. The van der Waals surface area contributed by atoms with Crippen molar-refractivity contribution in [1.82, 2.24) is 19.8 Å². The number of carbonyl (C=O) groups is 2. The van der Waals surface area contributed by atoms with Crippen LogP contribution in [0.15, 0.2) is 78.0 Å². The van der Waals surface area contributed by atoms with E-state index in [1.54, 1.807) is 29.2 Å². The summed E-state index contributed by atoms with van der Waals surface area (Å²) in [5, 5.41) is 0.686. The van der Waals surface area contributed by atoms with Crippen molar-refractivity contribution in [3.63, 3.8) is 0 Å². The van der Waals surface area contributed by atoms with Gasteiger partial charge < -0.3 is 14.5 Å². The molecule has 10 nitrogen and oxygen atoms in total. The Balaban J connectivity index is 1.30. The molecule has 0 aliphatic carbocycles. The zero-order valence-corrected chi connectivity index (χ0v) is 21.7. The van der Waals surface area contributed by atoms with E-state index in [0.717, 1.165) is 0 Å². The van der Waals surface area contributed by atoms with Crippen molar-refractivity contribution in [2.75, 3.05) is 38.0 Å².